The first kappa shape index (κ1) is 15.2. The molecule has 0 bridgehead atoms. The summed E-state index contributed by atoms with van der Waals surface area (Å²) in [5.74, 6) is 0.511. The van der Waals surface area contributed by atoms with Crippen LogP contribution < -0.4 is 5.32 Å². The fourth-order valence-corrected chi connectivity index (χ4v) is 3.70. The van der Waals surface area contributed by atoms with Gasteiger partial charge in [0.05, 0.1) is 17.1 Å². The van der Waals surface area contributed by atoms with Crippen molar-refractivity contribution in [3.8, 4) is 0 Å². The molecule has 1 N–H and O–H groups in total. The predicted octanol–water partition coefficient (Wildman–Crippen LogP) is 0.158. The van der Waals surface area contributed by atoms with Gasteiger partial charge in [-0.1, -0.05) is 0 Å². The van der Waals surface area contributed by atoms with E-state index < -0.39 is 10.0 Å². The molecule has 0 radical (unpaired) electrons. The van der Waals surface area contributed by atoms with Crippen LogP contribution in [0.4, 0.5) is 5.82 Å². The molecule has 0 spiro atoms. The van der Waals surface area contributed by atoms with Crippen LogP contribution in [-0.2, 0) is 19.5 Å². The average molecular weight is 301 g/mol. The minimum Gasteiger partial charge on any atom is -0.377 e. The van der Waals surface area contributed by atoms with Crippen molar-refractivity contribution in [2.45, 2.75) is 17.1 Å². The van der Waals surface area contributed by atoms with Crippen molar-refractivity contribution >= 4 is 15.8 Å². The van der Waals surface area contributed by atoms with Crippen LogP contribution in [0.25, 0.3) is 0 Å². The molecular weight excluding hydrogens is 282 g/mol. The zero-order valence-electron chi connectivity index (χ0n) is 11.7. The van der Waals surface area contributed by atoms with E-state index >= 15 is 0 Å². The Balaban J connectivity index is 2.27. The number of pyridine rings is 1. The molecule has 7 nitrogen and oxygen atoms in total. The van der Waals surface area contributed by atoms with Crippen molar-refractivity contribution in [1.82, 2.24) is 9.29 Å². The van der Waals surface area contributed by atoms with Crippen LogP contribution in [0, 0.1) is 0 Å². The highest BCUT2D eigenvalue weighted by molar-refractivity contribution is 7.89. The van der Waals surface area contributed by atoms with Crippen LogP contribution in [0.15, 0.2) is 23.2 Å². The summed E-state index contributed by atoms with van der Waals surface area (Å²) >= 11 is 0. The molecule has 1 aromatic heterocycles. The number of hydrogen-bond donors (Lipinski definition) is 1. The van der Waals surface area contributed by atoms with Crippen molar-refractivity contribution in [1.29, 1.82) is 0 Å². The Labute approximate surface area is 118 Å². The molecule has 2 unspecified atom stereocenters. The van der Waals surface area contributed by atoms with Gasteiger partial charge < -0.3 is 14.8 Å². The molecule has 0 amide bonds. The van der Waals surface area contributed by atoms with Gasteiger partial charge in [-0.05, 0) is 6.07 Å². The molecule has 0 saturated carbocycles. The highest BCUT2D eigenvalue weighted by atomic mass is 32.2. The molecule has 2 atom stereocenters. The van der Waals surface area contributed by atoms with Gasteiger partial charge in [0.15, 0.2) is 0 Å². The summed E-state index contributed by atoms with van der Waals surface area (Å²) in [4.78, 5) is 4.23. The van der Waals surface area contributed by atoms with Crippen molar-refractivity contribution < 1.29 is 17.9 Å². The van der Waals surface area contributed by atoms with Crippen molar-refractivity contribution in [2.75, 3.05) is 39.7 Å². The van der Waals surface area contributed by atoms with Crippen molar-refractivity contribution in [3.63, 3.8) is 0 Å². The number of hydrogen-bond acceptors (Lipinski definition) is 6. The van der Waals surface area contributed by atoms with Crippen LogP contribution in [0.5, 0.6) is 0 Å². The van der Waals surface area contributed by atoms with Crippen molar-refractivity contribution in [3.05, 3.63) is 18.3 Å². The number of rotatable bonds is 5. The Morgan fingerprint density at radius 1 is 1.30 bits per heavy atom. The first-order valence-corrected chi connectivity index (χ1v) is 7.66. The molecule has 1 fully saturated rings. The average Bonchev–Trinajstić information content (AvgIpc) is 2.91. The standard InChI is InChI=1S/C12H19N3O4S/c1-13-12-6-9(4-5-14-12)20(16,17)15-7-10(18-2)11(8-15)19-3/h4-6,10-11H,7-8H2,1-3H3,(H,13,14). The molecule has 1 saturated heterocycles. The normalized spacial score (nSPS) is 23.9. The number of aromatic nitrogens is 1. The Bertz CT molecular complexity index is 552. The minimum atomic E-state index is -3.56. The van der Waals surface area contributed by atoms with E-state index in [1.807, 2.05) is 0 Å². The maximum absolute atomic E-state index is 12.6. The van der Waals surface area contributed by atoms with Crippen LogP contribution in [0.3, 0.4) is 0 Å². The maximum atomic E-state index is 12.6. The Hall–Kier alpha value is -1.22. The lowest BCUT2D eigenvalue weighted by Gasteiger charge is -2.16. The molecule has 2 rings (SSSR count). The van der Waals surface area contributed by atoms with Crippen LogP contribution in [0.1, 0.15) is 0 Å². The lowest BCUT2D eigenvalue weighted by molar-refractivity contribution is -0.00461. The van der Waals surface area contributed by atoms with Gasteiger partial charge in [-0.25, -0.2) is 13.4 Å². The molecule has 8 heteroatoms. The monoisotopic (exact) mass is 301 g/mol. The van der Waals surface area contributed by atoms with Gasteiger partial charge in [0, 0.05) is 46.6 Å². The van der Waals surface area contributed by atoms with Gasteiger partial charge in [-0.2, -0.15) is 4.31 Å². The number of ether oxygens (including phenoxy) is 2. The third-order valence-corrected chi connectivity index (χ3v) is 5.24. The lowest BCUT2D eigenvalue weighted by Crippen LogP contribution is -2.30. The van der Waals surface area contributed by atoms with Gasteiger partial charge in [0.25, 0.3) is 0 Å². The van der Waals surface area contributed by atoms with Gasteiger partial charge >= 0.3 is 0 Å². The second-order valence-corrected chi connectivity index (χ2v) is 6.44. The van der Waals surface area contributed by atoms with Crippen LogP contribution in [0.2, 0.25) is 0 Å². The third-order valence-electron chi connectivity index (χ3n) is 3.41. The summed E-state index contributed by atoms with van der Waals surface area (Å²) in [5, 5.41) is 2.83. The van der Waals surface area contributed by atoms with Crippen molar-refractivity contribution in [2.24, 2.45) is 0 Å². The van der Waals surface area contributed by atoms with E-state index in [-0.39, 0.29) is 30.2 Å². The summed E-state index contributed by atoms with van der Waals surface area (Å²) in [6.45, 7) is 0.573. The topological polar surface area (TPSA) is 80.8 Å². The largest absolute Gasteiger partial charge is 0.377 e. The fraction of sp³-hybridized carbons (Fsp3) is 0.583. The first-order valence-electron chi connectivity index (χ1n) is 6.22. The zero-order chi connectivity index (χ0) is 14.8. The van der Waals surface area contributed by atoms with E-state index in [0.717, 1.165) is 0 Å². The molecule has 0 aliphatic carbocycles. The van der Waals surface area contributed by atoms with Gasteiger partial charge in [0.1, 0.15) is 5.82 Å². The van der Waals surface area contributed by atoms with E-state index in [4.69, 9.17) is 9.47 Å². The van der Waals surface area contributed by atoms with Crippen LogP contribution >= 0.6 is 0 Å². The van der Waals surface area contributed by atoms with Gasteiger partial charge in [-0.15, -0.1) is 0 Å². The number of methoxy groups -OCH3 is 2. The van der Waals surface area contributed by atoms with Crippen LogP contribution in [-0.4, -0.2) is 64.3 Å². The van der Waals surface area contributed by atoms with Gasteiger partial charge in [-0.3, -0.25) is 0 Å². The summed E-state index contributed by atoms with van der Waals surface area (Å²) in [6, 6.07) is 3.00. The molecule has 20 heavy (non-hydrogen) atoms. The first-order chi connectivity index (χ1) is 9.52. The molecule has 2 heterocycles. The molecule has 1 aromatic rings. The van der Waals surface area contributed by atoms with Gasteiger partial charge in [0.2, 0.25) is 10.0 Å². The number of sulfonamides is 1. The number of nitrogens with one attached hydrogen (secondary N) is 1. The second kappa shape index (κ2) is 6.04. The Morgan fingerprint density at radius 3 is 2.40 bits per heavy atom. The molecule has 1 aliphatic rings. The summed E-state index contributed by atoms with van der Waals surface area (Å²) in [5.41, 5.74) is 0. The second-order valence-electron chi connectivity index (χ2n) is 4.50. The van der Waals surface area contributed by atoms with E-state index in [0.29, 0.717) is 5.82 Å². The molecule has 112 valence electrons. The maximum Gasteiger partial charge on any atom is 0.243 e. The fourth-order valence-electron chi connectivity index (χ4n) is 2.22. The SMILES string of the molecule is CNc1cc(S(=O)(=O)N2CC(OC)C(OC)C2)ccn1. The quantitative estimate of drug-likeness (QED) is 0.834. The summed E-state index contributed by atoms with van der Waals surface area (Å²) in [6.07, 6.45) is 0.969. The summed E-state index contributed by atoms with van der Waals surface area (Å²) < 4.78 is 37.1. The predicted molar refractivity (Wildman–Crippen MR) is 74.1 cm³/mol. The number of anilines is 1. The highest BCUT2D eigenvalue weighted by Gasteiger charge is 2.39. The molecule has 1 aliphatic heterocycles. The third kappa shape index (κ3) is 2.78. The highest BCUT2D eigenvalue weighted by Crippen LogP contribution is 2.24. The van der Waals surface area contributed by atoms with E-state index in [2.05, 4.69) is 10.3 Å². The minimum absolute atomic E-state index is 0.212. The van der Waals surface area contributed by atoms with E-state index in [9.17, 15) is 8.42 Å². The zero-order valence-corrected chi connectivity index (χ0v) is 12.6. The lowest BCUT2D eigenvalue weighted by atomic mass is 10.3. The smallest absolute Gasteiger partial charge is 0.243 e. The Morgan fingerprint density at radius 2 is 1.90 bits per heavy atom. The molecule has 0 aromatic carbocycles. The Kier molecular flexibility index (Phi) is 4.59. The van der Waals surface area contributed by atoms with E-state index in [1.54, 1.807) is 21.3 Å². The summed E-state index contributed by atoms with van der Waals surface area (Å²) in [7, 11) is 1.23. The van der Waals surface area contributed by atoms with E-state index in [1.165, 1.54) is 22.6 Å². The number of nitrogens with zero attached hydrogens (tertiary/aromatic N) is 2. The molecular formula is C12H19N3O4S.